The van der Waals surface area contributed by atoms with Crippen LogP contribution in [0.2, 0.25) is 0 Å². The van der Waals surface area contributed by atoms with Gasteiger partial charge in [-0.2, -0.15) is 0 Å². The molecule has 1 rings (SSSR count). The Kier molecular flexibility index (Phi) is 13.8. The Morgan fingerprint density at radius 2 is 1.44 bits per heavy atom. The Balaban J connectivity index is 2.62. The summed E-state index contributed by atoms with van der Waals surface area (Å²) >= 11 is 0. The lowest BCUT2D eigenvalue weighted by Gasteiger charge is -2.21. The standard InChI is InChI=1S/C23H41N3O/c1-4-7-9-11-13-15-17-20(6-3)21(18-16-14-12-10-8-5-2)22-19-24-26-25-23(22)27/h19-20H,4-18H2,1-3H3. The van der Waals surface area contributed by atoms with Gasteiger partial charge in [0.15, 0.2) is 0 Å². The average Bonchev–Trinajstić information content (AvgIpc) is 2.68. The minimum absolute atomic E-state index is 0.202. The van der Waals surface area contributed by atoms with Gasteiger partial charge in [0.2, 0.25) is 0 Å². The lowest BCUT2D eigenvalue weighted by atomic mass is 9.84. The van der Waals surface area contributed by atoms with E-state index in [9.17, 15) is 4.79 Å². The highest BCUT2D eigenvalue weighted by Gasteiger charge is 2.21. The molecule has 0 bridgehead atoms. The zero-order valence-electron chi connectivity index (χ0n) is 18.0. The number of allylic oxidation sites excluding steroid dienone is 1. The zero-order valence-corrected chi connectivity index (χ0v) is 18.0. The molecule has 154 valence electrons. The molecule has 0 aromatic heterocycles. The van der Waals surface area contributed by atoms with E-state index in [0.717, 1.165) is 24.8 Å². The number of amides is 1. The Hall–Kier alpha value is -1.32. The smallest absolute Gasteiger partial charge is 0.265 e. The van der Waals surface area contributed by atoms with Crippen LogP contribution in [0.1, 0.15) is 117 Å². The van der Waals surface area contributed by atoms with Crippen molar-refractivity contribution in [2.45, 2.75) is 117 Å². The first-order chi connectivity index (χ1) is 13.2. The van der Waals surface area contributed by atoms with Gasteiger partial charge in [-0.3, -0.25) is 4.79 Å². The molecule has 4 nitrogen and oxygen atoms in total. The van der Waals surface area contributed by atoms with Crippen molar-refractivity contribution in [2.24, 2.45) is 21.4 Å². The fraction of sp³-hybridized carbons (Fsp3) is 0.826. The topological polar surface area (TPSA) is 54.1 Å². The average molecular weight is 376 g/mol. The van der Waals surface area contributed by atoms with Crippen molar-refractivity contribution >= 4 is 12.1 Å². The summed E-state index contributed by atoms with van der Waals surface area (Å²) < 4.78 is 0. The molecule has 1 heterocycles. The van der Waals surface area contributed by atoms with Gasteiger partial charge < -0.3 is 0 Å². The van der Waals surface area contributed by atoms with Crippen molar-refractivity contribution in [3.05, 3.63) is 11.1 Å². The van der Waals surface area contributed by atoms with Crippen LogP contribution in [0.4, 0.5) is 0 Å². The normalized spacial score (nSPS) is 16.8. The number of carbonyl (C=O) groups excluding carboxylic acids is 1. The molecule has 0 saturated heterocycles. The van der Waals surface area contributed by atoms with Gasteiger partial charge in [-0.05, 0) is 36.8 Å². The second-order valence-electron chi connectivity index (χ2n) is 7.86. The second kappa shape index (κ2) is 15.7. The minimum atomic E-state index is -0.202. The third kappa shape index (κ3) is 9.97. The van der Waals surface area contributed by atoms with Gasteiger partial charge in [-0.1, -0.05) is 102 Å². The van der Waals surface area contributed by atoms with Crippen molar-refractivity contribution in [1.82, 2.24) is 0 Å². The highest BCUT2D eigenvalue weighted by molar-refractivity contribution is 6.13. The maximum Gasteiger partial charge on any atom is 0.298 e. The highest BCUT2D eigenvalue weighted by Crippen LogP contribution is 2.30. The molecule has 0 aliphatic carbocycles. The van der Waals surface area contributed by atoms with Gasteiger partial charge >= 0.3 is 0 Å². The van der Waals surface area contributed by atoms with Gasteiger partial charge in [-0.15, -0.1) is 5.10 Å². The maximum absolute atomic E-state index is 12.3. The molecular weight excluding hydrogens is 334 g/mol. The number of rotatable bonds is 16. The van der Waals surface area contributed by atoms with E-state index >= 15 is 0 Å². The third-order valence-corrected chi connectivity index (χ3v) is 5.64. The monoisotopic (exact) mass is 375 g/mol. The number of nitrogens with zero attached hydrogens (tertiary/aromatic N) is 3. The lowest BCUT2D eigenvalue weighted by Crippen LogP contribution is -2.14. The van der Waals surface area contributed by atoms with E-state index in [2.05, 4.69) is 36.2 Å². The van der Waals surface area contributed by atoms with Crippen LogP contribution in [0.25, 0.3) is 0 Å². The second-order valence-corrected chi connectivity index (χ2v) is 7.86. The number of hydrogen-bond donors (Lipinski definition) is 0. The van der Waals surface area contributed by atoms with Crippen molar-refractivity contribution in [2.75, 3.05) is 0 Å². The summed E-state index contributed by atoms with van der Waals surface area (Å²) in [5.41, 5.74) is 2.00. The Bertz CT molecular complexity index is 494. The summed E-state index contributed by atoms with van der Waals surface area (Å²) in [6.45, 7) is 6.75. The van der Waals surface area contributed by atoms with E-state index in [0.29, 0.717) is 5.92 Å². The molecule has 1 atom stereocenters. The van der Waals surface area contributed by atoms with Crippen LogP contribution < -0.4 is 0 Å². The van der Waals surface area contributed by atoms with Crippen molar-refractivity contribution in [3.63, 3.8) is 0 Å². The molecule has 1 aliphatic heterocycles. The Labute approximate surface area is 167 Å². The zero-order chi connectivity index (χ0) is 19.7. The maximum atomic E-state index is 12.3. The fourth-order valence-corrected chi connectivity index (χ4v) is 3.93. The van der Waals surface area contributed by atoms with Crippen LogP contribution >= 0.6 is 0 Å². The van der Waals surface area contributed by atoms with E-state index in [1.165, 1.54) is 82.6 Å². The van der Waals surface area contributed by atoms with Gasteiger partial charge in [0.05, 0.1) is 11.8 Å². The van der Waals surface area contributed by atoms with Crippen molar-refractivity contribution in [3.8, 4) is 0 Å². The summed E-state index contributed by atoms with van der Waals surface area (Å²) in [5, 5.41) is 11.1. The first-order valence-electron chi connectivity index (χ1n) is 11.5. The fourth-order valence-electron chi connectivity index (χ4n) is 3.93. The van der Waals surface area contributed by atoms with Crippen LogP contribution in [0.3, 0.4) is 0 Å². The minimum Gasteiger partial charge on any atom is -0.265 e. The van der Waals surface area contributed by atoms with E-state index in [1.807, 2.05) is 0 Å². The van der Waals surface area contributed by atoms with E-state index < -0.39 is 0 Å². The Morgan fingerprint density at radius 3 is 2.04 bits per heavy atom. The predicted molar refractivity (Wildman–Crippen MR) is 115 cm³/mol. The van der Waals surface area contributed by atoms with Crippen LogP contribution in [0.5, 0.6) is 0 Å². The van der Waals surface area contributed by atoms with Crippen LogP contribution in [0.15, 0.2) is 26.6 Å². The van der Waals surface area contributed by atoms with Crippen LogP contribution in [-0.4, -0.2) is 12.1 Å². The molecule has 0 saturated carbocycles. The molecule has 0 fully saturated rings. The van der Waals surface area contributed by atoms with E-state index in [-0.39, 0.29) is 5.91 Å². The van der Waals surface area contributed by atoms with Crippen LogP contribution in [0, 0.1) is 5.92 Å². The highest BCUT2D eigenvalue weighted by atomic mass is 16.2. The van der Waals surface area contributed by atoms with Gasteiger partial charge in [0.25, 0.3) is 5.91 Å². The molecule has 0 aromatic carbocycles. The Morgan fingerprint density at radius 1 is 0.852 bits per heavy atom. The quantitative estimate of drug-likeness (QED) is 0.200. The summed E-state index contributed by atoms with van der Waals surface area (Å²) in [6, 6.07) is 0. The molecule has 1 aliphatic rings. The summed E-state index contributed by atoms with van der Waals surface area (Å²) in [7, 11) is 0. The van der Waals surface area contributed by atoms with E-state index in [1.54, 1.807) is 6.21 Å². The molecule has 0 N–H and O–H groups in total. The predicted octanol–water partition coefficient (Wildman–Crippen LogP) is 7.79. The molecule has 0 aromatic rings. The lowest BCUT2D eigenvalue weighted by molar-refractivity contribution is -0.114. The number of hydrogen-bond acceptors (Lipinski definition) is 3. The van der Waals surface area contributed by atoms with Gasteiger partial charge in [-0.25, -0.2) is 0 Å². The van der Waals surface area contributed by atoms with Crippen molar-refractivity contribution in [1.29, 1.82) is 0 Å². The summed E-state index contributed by atoms with van der Waals surface area (Å²) in [6.07, 6.45) is 20.4. The first-order valence-corrected chi connectivity index (χ1v) is 11.5. The van der Waals surface area contributed by atoms with E-state index in [4.69, 9.17) is 0 Å². The number of carbonyl (C=O) groups is 1. The molecule has 1 amide bonds. The molecule has 0 radical (unpaired) electrons. The van der Waals surface area contributed by atoms with Gasteiger partial charge in [0, 0.05) is 0 Å². The molecule has 0 spiro atoms. The molecule has 4 heteroatoms. The largest absolute Gasteiger partial charge is 0.298 e. The van der Waals surface area contributed by atoms with Crippen molar-refractivity contribution < 1.29 is 4.79 Å². The molecule has 1 unspecified atom stereocenters. The summed E-state index contributed by atoms with van der Waals surface area (Å²) in [5.74, 6) is 0.276. The SMILES string of the molecule is CCCCCCCCC(=C1C=NN=NC1=O)C(CC)CCCCCCCC. The molecule has 27 heavy (non-hydrogen) atoms. The summed E-state index contributed by atoms with van der Waals surface area (Å²) in [4.78, 5) is 12.3. The number of unbranched alkanes of at least 4 members (excludes halogenated alkanes) is 10. The van der Waals surface area contributed by atoms with Gasteiger partial charge in [0.1, 0.15) is 0 Å². The third-order valence-electron chi connectivity index (χ3n) is 5.64. The first kappa shape index (κ1) is 23.7. The van der Waals surface area contributed by atoms with Crippen LogP contribution in [-0.2, 0) is 4.79 Å². The molecular formula is C23H41N3O.